The molecule has 4 rings (SSSR count). The highest BCUT2D eigenvalue weighted by Crippen LogP contribution is 2.36. The zero-order chi connectivity index (χ0) is 26.2. The summed E-state index contributed by atoms with van der Waals surface area (Å²) in [5.74, 6) is 0.659. The molecular formula is C31H27BrN2O3. The van der Waals surface area contributed by atoms with Gasteiger partial charge >= 0.3 is 0 Å². The SMILES string of the molecule is CCOc1cc(/C=C(/C#N)C(=O)N[C@H](C)c2ccccc2)c(Br)cc1OCc1cccc2ccccc12. The van der Waals surface area contributed by atoms with Crippen LogP contribution in [-0.2, 0) is 11.4 Å². The average Bonchev–Trinajstić information content (AvgIpc) is 2.92. The van der Waals surface area contributed by atoms with Crippen molar-refractivity contribution in [1.29, 1.82) is 5.26 Å². The number of fused-ring (bicyclic) bond motifs is 1. The molecule has 1 amide bonds. The second kappa shape index (κ2) is 12.2. The minimum Gasteiger partial charge on any atom is -0.490 e. The van der Waals surface area contributed by atoms with Gasteiger partial charge in [0.05, 0.1) is 12.6 Å². The van der Waals surface area contributed by atoms with Gasteiger partial charge in [0.15, 0.2) is 11.5 Å². The molecule has 5 nitrogen and oxygen atoms in total. The van der Waals surface area contributed by atoms with E-state index in [0.717, 1.165) is 21.9 Å². The van der Waals surface area contributed by atoms with Crippen LogP contribution >= 0.6 is 15.9 Å². The van der Waals surface area contributed by atoms with Crippen molar-refractivity contribution in [1.82, 2.24) is 5.32 Å². The summed E-state index contributed by atoms with van der Waals surface area (Å²) in [4.78, 5) is 12.8. The number of carbonyl (C=O) groups is 1. The van der Waals surface area contributed by atoms with Crippen LogP contribution in [0.3, 0.4) is 0 Å². The molecule has 0 heterocycles. The number of halogens is 1. The molecule has 1 atom stereocenters. The van der Waals surface area contributed by atoms with E-state index in [2.05, 4.69) is 39.4 Å². The highest BCUT2D eigenvalue weighted by atomic mass is 79.9. The van der Waals surface area contributed by atoms with E-state index in [-0.39, 0.29) is 11.6 Å². The second-order valence-corrected chi connectivity index (χ2v) is 9.31. The van der Waals surface area contributed by atoms with Crippen LogP contribution < -0.4 is 14.8 Å². The van der Waals surface area contributed by atoms with Gasteiger partial charge in [-0.2, -0.15) is 5.26 Å². The topological polar surface area (TPSA) is 71.3 Å². The molecule has 1 N–H and O–H groups in total. The van der Waals surface area contributed by atoms with E-state index in [1.54, 1.807) is 18.2 Å². The van der Waals surface area contributed by atoms with Crippen LogP contribution in [-0.4, -0.2) is 12.5 Å². The number of nitriles is 1. The van der Waals surface area contributed by atoms with Gasteiger partial charge in [-0.3, -0.25) is 4.79 Å². The Bertz CT molecular complexity index is 1470. The van der Waals surface area contributed by atoms with Crippen LogP contribution in [0.5, 0.6) is 11.5 Å². The maximum atomic E-state index is 12.8. The largest absolute Gasteiger partial charge is 0.490 e. The van der Waals surface area contributed by atoms with Gasteiger partial charge < -0.3 is 14.8 Å². The summed E-state index contributed by atoms with van der Waals surface area (Å²) in [6.07, 6.45) is 1.55. The van der Waals surface area contributed by atoms with Crippen molar-refractivity contribution in [3.8, 4) is 17.6 Å². The Kier molecular flexibility index (Phi) is 8.60. The first-order valence-electron chi connectivity index (χ1n) is 12.0. The first-order valence-corrected chi connectivity index (χ1v) is 12.8. The molecule has 0 unspecified atom stereocenters. The Balaban J connectivity index is 1.57. The molecule has 0 saturated carbocycles. The van der Waals surface area contributed by atoms with Crippen molar-refractivity contribution in [3.63, 3.8) is 0 Å². The standard InChI is InChI=1S/C31H27BrN2O3/c1-3-36-29-17-25(16-26(19-33)31(35)34-21(2)22-10-5-4-6-11-22)28(32)18-30(29)37-20-24-14-9-13-23-12-7-8-15-27(23)24/h4-18,21H,3,20H2,1-2H3,(H,34,35)/b26-16-/t21-/m1/s1. The molecule has 0 fully saturated rings. The number of benzene rings is 4. The quantitative estimate of drug-likeness (QED) is 0.173. The molecule has 0 saturated heterocycles. The van der Waals surface area contributed by atoms with Crippen molar-refractivity contribution in [2.75, 3.05) is 6.61 Å². The van der Waals surface area contributed by atoms with Crippen molar-refractivity contribution < 1.29 is 14.3 Å². The Labute approximate surface area is 225 Å². The highest BCUT2D eigenvalue weighted by Gasteiger charge is 2.16. The third-order valence-corrected chi connectivity index (χ3v) is 6.62. The zero-order valence-electron chi connectivity index (χ0n) is 20.7. The van der Waals surface area contributed by atoms with Crippen molar-refractivity contribution in [2.24, 2.45) is 0 Å². The number of ether oxygens (including phenoxy) is 2. The lowest BCUT2D eigenvalue weighted by Crippen LogP contribution is -2.27. The van der Waals surface area contributed by atoms with E-state index < -0.39 is 5.91 Å². The van der Waals surface area contributed by atoms with Gasteiger partial charge in [0.2, 0.25) is 0 Å². The number of nitrogens with zero attached hydrogens (tertiary/aromatic N) is 1. The van der Waals surface area contributed by atoms with E-state index >= 15 is 0 Å². The molecule has 0 aliphatic rings. The number of nitrogens with one attached hydrogen (secondary N) is 1. The van der Waals surface area contributed by atoms with Crippen LogP contribution in [0.1, 0.15) is 36.6 Å². The fourth-order valence-electron chi connectivity index (χ4n) is 4.02. The lowest BCUT2D eigenvalue weighted by Gasteiger charge is -2.16. The predicted molar refractivity (Wildman–Crippen MR) is 150 cm³/mol. The van der Waals surface area contributed by atoms with Gasteiger partial charge in [-0.15, -0.1) is 0 Å². The Hall–Kier alpha value is -4.08. The normalized spacial score (nSPS) is 12.0. The molecule has 186 valence electrons. The molecule has 0 radical (unpaired) electrons. The van der Waals surface area contributed by atoms with Crippen LogP contribution in [0.4, 0.5) is 0 Å². The maximum absolute atomic E-state index is 12.8. The molecule has 4 aromatic carbocycles. The minimum atomic E-state index is -0.444. The maximum Gasteiger partial charge on any atom is 0.262 e. The minimum absolute atomic E-state index is 0.00430. The molecule has 6 heteroatoms. The zero-order valence-corrected chi connectivity index (χ0v) is 22.3. The fourth-order valence-corrected chi connectivity index (χ4v) is 4.46. The smallest absolute Gasteiger partial charge is 0.262 e. The van der Waals surface area contributed by atoms with E-state index in [4.69, 9.17) is 9.47 Å². The lowest BCUT2D eigenvalue weighted by molar-refractivity contribution is -0.117. The summed E-state index contributed by atoms with van der Waals surface area (Å²) in [5, 5.41) is 14.9. The van der Waals surface area contributed by atoms with Crippen LogP contribution in [0.15, 0.2) is 95.0 Å². The monoisotopic (exact) mass is 554 g/mol. The Morgan fingerprint density at radius 1 is 1.00 bits per heavy atom. The third kappa shape index (κ3) is 6.38. The summed E-state index contributed by atoms with van der Waals surface area (Å²) < 4.78 is 12.7. The molecule has 4 aromatic rings. The number of hydrogen-bond acceptors (Lipinski definition) is 4. The number of hydrogen-bond donors (Lipinski definition) is 1. The molecule has 0 aliphatic heterocycles. The van der Waals surface area contributed by atoms with E-state index in [1.165, 1.54) is 0 Å². The summed E-state index contributed by atoms with van der Waals surface area (Å²) in [6, 6.07) is 29.3. The van der Waals surface area contributed by atoms with E-state index in [9.17, 15) is 10.1 Å². The van der Waals surface area contributed by atoms with Gasteiger partial charge in [0.1, 0.15) is 18.2 Å². The molecule has 0 aliphatic carbocycles. The second-order valence-electron chi connectivity index (χ2n) is 8.46. The Morgan fingerprint density at radius 2 is 1.70 bits per heavy atom. The van der Waals surface area contributed by atoms with Crippen molar-refractivity contribution >= 4 is 38.7 Å². The third-order valence-electron chi connectivity index (χ3n) is 5.94. The fraction of sp³-hybridized carbons (Fsp3) is 0.161. The van der Waals surface area contributed by atoms with Gasteiger partial charge in [0, 0.05) is 4.47 Å². The molecular weight excluding hydrogens is 528 g/mol. The van der Waals surface area contributed by atoms with Crippen LogP contribution in [0.2, 0.25) is 0 Å². The average molecular weight is 555 g/mol. The van der Waals surface area contributed by atoms with E-state index in [0.29, 0.717) is 34.7 Å². The summed E-state index contributed by atoms with van der Waals surface area (Å²) in [7, 11) is 0. The summed E-state index contributed by atoms with van der Waals surface area (Å²) in [5.41, 5.74) is 2.66. The predicted octanol–water partition coefficient (Wildman–Crippen LogP) is 7.36. The highest BCUT2D eigenvalue weighted by molar-refractivity contribution is 9.10. The number of rotatable bonds is 9. The molecule has 0 aromatic heterocycles. The molecule has 0 spiro atoms. The molecule has 0 bridgehead atoms. The summed E-state index contributed by atoms with van der Waals surface area (Å²) >= 11 is 3.57. The molecule has 37 heavy (non-hydrogen) atoms. The van der Waals surface area contributed by atoms with E-state index in [1.807, 2.05) is 74.5 Å². The lowest BCUT2D eigenvalue weighted by atomic mass is 10.1. The first kappa shape index (κ1) is 26.0. The van der Waals surface area contributed by atoms with Crippen LogP contribution in [0, 0.1) is 11.3 Å². The summed E-state index contributed by atoms with van der Waals surface area (Å²) in [6.45, 7) is 4.58. The number of amides is 1. The van der Waals surface area contributed by atoms with Gasteiger partial charge in [-0.1, -0.05) is 88.7 Å². The van der Waals surface area contributed by atoms with Gasteiger partial charge in [-0.05, 0) is 59.5 Å². The van der Waals surface area contributed by atoms with Gasteiger partial charge in [-0.25, -0.2) is 0 Å². The van der Waals surface area contributed by atoms with Crippen molar-refractivity contribution in [3.05, 3.63) is 112 Å². The first-order chi connectivity index (χ1) is 18.0. The number of carbonyl (C=O) groups excluding carboxylic acids is 1. The van der Waals surface area contributed by atoms with Gasteiger partial charge in [0.25, 0.3) is 5.91 Å². The van der Waals surface area contributed by atoms with Crippen LogP contribution in [0.25, 0.3) is 16.8 Å². The van der Waals surface area contributed by atoms with Crippen molar-refractivity contribution in [2.45, 2.75) is 26.5 Å². The Morgan fingerprint density at radius 3 is 2.46 bits per heavy atom.